The predicted molar refractivity (Wildman–Crippen MR) is 154 cm³/mol. The summed E-state index contributed by atoms with van der Waals surface area (Å²) >= 11 is 0. The summed E-state index contributed by atoms with van der Waals surface area (Å²) in [6.45, 7) is 5.06. The molecule has 0 aromatic heterocycles. The molecule has 5 atom stereocenters. The number of piperidine rings is 1. The minimum Gasteiger partial charge on any atom is -0.485 e. The Morgan fingerprint density at radius 3 is 2.35 bits per heavy atom. The SMILES string of the molecule is CC(C)(C)C(=O)O.N[C@@H]1CC[C@H]2[C@@]34c5c(ccc(OCc6ccccc6)c5O[C@@H]13)C[C@@]2(C(=O)O)N(CC1CC1)CC4(F)F. The normalized spacial score (nSPS) is 31.6. The molecule has 3 aliphatic carbocycles. The zero-order valence-corrected chi connectivity index (χ0v) is 24.8. The van der Waals surface area contributed by atoms with Gasteiger partial charge in [0.1, 0.15) is 23.7 Å². The van der Waals surface area contributed by atoms with Gasteiger partial charge in [-0.15, -0.1) is 0 Å². The van der Waals surface area contributed by atoms with Crippen LogP contribution in [0.25, 0.3) is 0 Å². The van der Waals surface area contributed by atoms with E-state index in [0.29, 0.717) is 47.9 Å². The van der Waals surface area contributed by atoms with Crippen LogP contribution in [0.2, 0.25) is 0 Å². The first-order chi connectivity index (χ1) is 20.2. The largest absolute Gasteiger partial charge is 0.485 e. The average molecular weight is 599 g/mol. The molecule has 8 nitrogen and oxygen atoms in total. The van der Waals surface area contributed by atoms with Gasteiger partial charge in [0.2, 0.25) is 0 Å². The molecule has 10 heteroatoms. The molecule has 2 aliphatic heterocycles. The number of ether oxygens (including phenoxy) is 2. The number of carbonyl (C=O) groups is 2. The highest BCUT2D eigenvalue weighted by atomic mass is 19.3. The molecular weight excluding hydrogens is 558 g/mol. The first-order valence-electron chi connectivity index (χ1n) is 15.1. The van der Waals surface area contributed by atoms with Crippen molar-refractivity contribution in [1.29, 1.82) is 0 Å². The fraction of sp³-hybridized carbons (Fsp3) is 0.576. The van der Waals surface area contributed by atoms with Crippen LogP contribution in [-0.4, -0.2) is 63.7 Å². The number of carboxylic acid groups (broad SMARTS) is 2. The topological polar surface area (TPSA) is 122 Å². The number of likely N-dealkylation sites (tertiary alicyclic amines) is 1. The van der Waals surface area contributed by atoms with E-state index < -0.39 is 58.8 Å². The molecule has 7 rings (SSSR count). The highest BCUT2D eigenvalue weighted by Crippen LogP contribution is 2.70. The molecule has 0 unspecified atom stereocenters. The van der Waals surface area contributed by atoms with Crippen molar-refractivity contribution in [3.05, 3.63) is 59.2 Å². The van der Waals surface area contributed by atoms with E-state index in [1.54, 1.807) is 37.8 Å². The zero-order chi connectivity index (χ0) is 30.9. The number of benzene rings is 2. The molecule has 2 aromatic carbocycles. The lowest BCUT2D eigenvalue weighted by molar-refractivity contribution is -0.244. The standard InChI is InChI=1S/C28H30F2N2O4.C5H10O2/c29-27(30)15-32(13-16-6-7-16)26(25(33)34)12-18-8-10-20(35-14-17-4-2-1-3-5-17)23-22(18)28(27)21(26)11-9-19(31)24(28)36-23;1-5(2,3)4(6)7/h1-5,8,10,16,19,21,24H,6-7,9,11-15,31H2,(H,33,34);1-3H3,(H,6,7)/t19-,21-,24+,26-,28-;/m1./s1. The van der Waals surface area contributed by atoms with Crippen LogP contribution in [0.15, 0.2) is 42.5 Å². The van der Waals surface area contributed by atoms with Gasteiger partial charge in [0, 0.05) is 30.5 Å². The van der Waals surface area contributed by atoms with Crippen LogP contribution in [0.1, 0.15) is 63.1 Å². The average Bonchev–Trinajstić information content (AvgIpc) is 3.68. The molecule has 3 fully saturated rings. The van der Waals surface area contributed by atoms with E-state index in [9.17, 15) is 14.7 Å². The number of aliphatic carboxylic acids is 2. The van der Waals surface area contributed by atoms with E-state index >= 15 is 8.78 Å². The second-order valence-corrected chi connectivity index (χ2v) is 13.9. The third-order valence-electron chi connectivity index (χ3n) is 10.1. The van der Waals surface area contributed by atoms with Gasteiger partial charge in [0.05, 0.1) is 12.0 Å². The lowest BCUT2D eigenvalue weighted by Gasteiger charge is -2.65. The van der Waals surface area contributed by atoms with Crippen molar-refractivity contribution >= 4 is 11.9 Å². The van der Waals surface area contributed by atoms with Crippen molar-refractivity contribution in [1.82, 2.24) is 4.90 Å². The lowest BCUT2D eigenvalue weighted by atomic mass is 9.45. The van der Waals surface area contributed by atoms with Crippen molar-refractivity contribution in [2.24, 2.45) is 23.0 Å². The molecular formula is C33H40F2N2O6. The number of carboxylic acids is 2. The summed E-state index contributed by atoms with van der Waals surface area (Å²) in [5, 5.41) is 19.0. The number of nitrogens with two attached hydrogens (primary N) is 1. The van der Waals surface area contributed by atoms with Gasteiger partial charge >= 0.3 is 11.9 Å². The maximum absolute atomic E-state index is 16.7. The summed E-state index contributed by atoms with van der Waals surface area (Å²) in [5.41, 5.74) is 4.74. The van der Waals surface area contributed by atoms with E-state index in [1.165, 1.54) is 0 Å². The molecule has 5 aliphatic rings. The van der Waals surface area contributed by atoms with E-state index in [1.807, 2.05) is 30.3 Å². The van der Waals surface area contributed by atoms with Gasteiger partial charge in [0.25, 0.3) is 5.92 Å². The van der Waals surface area contributed by atoms with Crippen LogP contribution in [-0.2, 0) is 28.0 Å². The summed E-state index contributed by atoms with van der Waals surface area (Å²) in [5.74, 6) is -4.75. The predicted octanol–water partition coefficient (Wildman–Crippen LogP) is 4.86. The van der Waals surface area contributed by atoms with Crippen LogP contribution >= 0.6 is 0 Å². The van der Waals surface area contributed by atoms with Gasteiger partial charge in [-0.3, -0.25) is 14.5 Å². The van der Waals surface area contributed by atoms with Crippen molar-refractivity contribution in [3.8, 4) is 11.5 Å². The van der Waals surface area contributed by atoms with E-state index in [4.69, 9.17) is 20.3 Å². The Labute approximate surface area is 250 Å². The minimum absolute atomic E-state index is 0.185. The number of nitrogens with zero attached hydrogens (tertiary/aromatic N) is 1. The molecule has 232 valence electrons. The van der Waals surface area contributed by atoms with Crippen molar-refractivity contribution in [2.75, 3.05) is 13.1 Å². The molecule has 0 amide bonds. The van der Waals surface area contributed by atoms with Gasteiger partial charge in [0.15, 0.2) is 11.5 Å². The van der Waals surface area contributed by atoms with Crippen LogP contribution in [0.4, 0.5) is 8.78 Å². The fourth-order valence-corrected chi connectivity index (χ4v) is 7.79. The Hall–Kier alpha value is -3.24. The fourth-order valence-electron chi connectivity index (χ4n) is 7.79. The quantitative estimate of drug-likeness (QED) is 0.431. The van der Waals surface area contributed by atoms with Gasteiger partial charge in [-0.05, 0) is 69.6 Å². The van der Waals surface area contributed by atoms with Crippen molar-refractivity contribution in [2.45, 2.75) is 88.5 Å². The molecule has 1 spiro atoms. The Morgan fingerprint density at radius 2 is 1.74 bits per heavy atom. The van der Waals surface area contributed by atoms with Gasteiger partial charge < -0.3 is 25.4 Å². The molecule has 2 heterocycles. The number of halogens is 2. The van der Waals surface area contributed by atoms with E-state index in [0.717, 1.165) is 18.4 Å². The smallest absolute Gasteiger partial charge is 0.324 e. The summed E-state index contributed by atoms with van der Waals surface area (Å²) in [6.07, 6.45) is 1.90. The van der Waals surface area contributed by atoms with Crippen molar-refractivity contribution in [3.63, 3.8) is 0 Å². The first-order valence-corrected chi connectivity index (χ1v) is 15.1. The molecule has 2 saturated carbocycles. The monoisotopic (exact) mass is 598 g/mol. The number of alkyl halides is 2. The molecule has 43 heavy (non-hydrogen) atoms. The third-order valence-corrected chi connectivity index (χ3v) is 10.1. The number of hydrogen-bond donors (Lipinski definition) is 3. The second-order valence-electron chi connectivity index (χ2n) is 13.9. The Kier molecular flexibility index (Phi) is 7.04. The molecule has 0 radical (unpaired) electrons. The van der Waals surface area contributed by atoms with Crippen molar-refractivity contribution < 1.29 is 38.1 Å². The molecule has 2 aromatic rings. The van der Waals surface area contributed by atoms with E-state index in [2.05, 4.69) is 0 Å². The summed E-state index contributed by atoms with van der Waals surface area (Å²) < 4.78 is 45.8. The second kappa shape index (κ2) is 10.2. The summed E-state index contributed by atoms with van der Waals surface area (Å²) in [4.78, 5) is 24.7. The third kappa shape index (κ3) is 4.51. The van der Waals surface area contributed by atoms with E-state index in [-0.39, 0.29) is 13.0 Å². The highest BCUT2D eigenvalue weighted by molar-refractivity contribution is 5.83. The summed E-state index contributed by atoms with van der Waals surface area (Å²) in [7, 11) is 0. The van der Waals surface area contributed by atoms with Gasteiger partial charge in [-0.25, -0.2) is 8.78 Å². The Bertz CT molecular complexity index is 1420. The Balaban J connectivity index is 0.000000423. The van der Waals surface area contributed by atoms with Crippen LogP contribution in [0.3, 0.4) is 0 Å². The molecule has 2 bridgehead atoms. The highest BCUT2D eigenvalue weighted by Gasteiger charge is 2.81. The number of hydrogen-bond acceptors (Lipinski definition) is 6. The molecule has 4 N–H and O–H groups in total. The lowest BCUT2D eigenvalue weighted by Crippen LogP contribution is -2.82. The number of rotatable bonds is 6. The maximum atomic E-state index is 16.7. The van der Waals surface area contributed by atoms with Gasteiger partial charge in [-0.2, -0.15) is 0 Å². The zero-order valence-electron chi connectivity index (χ0n) is 24.8. The Morgan fingerprint density at radius 1 is 1.07 bits per heavy atom. The maximum Gasteiger partial charge on any atom is 0.324 e. The van der Waals surface area contributed by atoms with Crippen LogP contribution in [0, 0.1) is 17.3 Å². The summed E-state index contributed by atoms with van der Waals surface area (Å²) in [6, 6.07) is 12.5. The first kappa shape index (κ1) is 29.8. The molecule has 1 saturated heterocycles. The van der Waals surface area contributed by atoms with Crippen LogP contribution in [0.5, 0.6) is 11.5 Å². The van der Waals surface area contributed by atoms with Crippen LogP contribution < -0.4 is 15.2 Å². The minimum atomic E-state index is -3.20. The van der Waals surface area contributed by atoms with Gasteiger partial charge in [-0.1, -0.05) is 36.4 Å².